The first-order chi connectivity index (χ1) is 40.3. The Kier molecular flexibility index (Phi) is 10.9. The predicted molar refractivity (Wildman–Crippen MR) is 347 cm³/mol. The number of allylic oxidation sites excluding steroid dienone is 12. The molecule has 2 heterocycles. The Morgan fingerprint density at radius 3 is 1.66 bits per heavy atom. The van der Waals surface area contributed by atoms with Crippen LogP contribution < -0.4 is 9.80 Å². The van der Waals surface area contributed by atoms with Crippen LogP contribution in [0.15, 0.2) is 295 Å². The van der Waals surface area contributed by atoms with Crippen molar-refractivity contribution in [2.45, 2.75) is 32.6 Å². The maximum Gasteiger partial charge on any atom is 0.0542 e. The number of fused-ring (bicyclic) bond motifs is 6. The standard InChI is InChI=1S/C78H58N4/c1-78(2,3)59-34-41-73-69(48-59)71-50-65(40-43-75(71)82(73)61-26-8-5-9-27-61)80(67-46-57-22-14-18-54-19-15-23-58(47-67)77(54)57)63-37-32-52(33-38-63)51-30-35-62(36-31-51)79(66-44-55-20-12-16-53-17-13-21-56(45-66)76(53)55)64-39-42-74-70(49-64)68-28-10-11-29-72(68)81(74)60-24-6-4-7-25-60/h4-16,18-50,77H,17H2,1-3H3. The summed E-state index contributed by atoms with van der Waals surface area (Å²) in [6, 6.07) is 81.2. The second-order valence-electron chi connectivity index (χ2n) is 23.4. The van der Waals surface area contributed by atoms with Crippen molar-refractivity contribution in [2.24, 2.45) is 5.92 Å². The fourth-order valence-corrected chi connectivity index (χ4v) is 13.5. The Morgan fingerprint density at radius 1 is 0.415 bits per heavy atom. The number of rotatable bonds is 9. The van der Waals surface area contributed by atoms with Crippen LogP contribution in [0.2, 0.25) is 0 Å². The first-order valence-corrected chi connectivity index (χ1v) is 28.7. The van der Waals surface area contributed by atoms with Crippen LogP contribution in [-0.2, 0) is 11.8 Å². The van der Waals surface area contributed by atoms with Crippen LogP contribution in [0.3, 0.4) is 0 Å². The van der Waals surface area contributed by atoms with E-state index in [0.29, 0.717) is 0 Å². The Balaban J connectivity index is 0.813. The summed E-state index contributed by atoms with van der Waals surface area (Å²) in [6.45, 7) is 6.91. The van der Waals surface area contributed by atoms with Gasteiger partial charge in [-0.05, 0) is 195 Å². The lowest BCUT2D eigenvalue weighted by Gasteiger charge is -2.34. The number of benzene rings is 10. The van der Waals surface area contributed by atoms with Gasteiger partial charge in [-0.3, -0.25) is 0 Å². The average molecular weight is 1050 g/mol. The maximum absolute atomic E-state index is 2.46. The summed E-state index contributed by atoms with van der Waals surface area (Å²) in [5.74, 6) is 0.243. The number of hydrogen-bond donors (Lipinski definition) is 0. The molecule has 0 saturated carbocycles. The molecule has 4 nitrogen and oxygen atoms in total. The van der Waals surface area contributed by atoms with E-state index in [2.05, 4.69) is 319 Å². The lowest BCUT2D eigenvalue weighted by molar-refractivity contribution is 0.591. The fourth-order valence-electron chi connectivity index (χ4n) is 13.5. The Morgan fingerprint density at radius 2 is 0.976 bits per heavy atom. The third-order valence-corrected chi connectivity index (χ3v) is 17.4. The molecule has 4 aliphatic rings. The number of aromatic nitrogens is 2. The van der Waals surface area contributed by atoms with Gasteiger partial charge in [0.1, 0.15) is 0 Å². The van der Waals surface area contributed by atoms with Gasteiger partial charge in [0.25, 0.3) is 0 Å². The summed E-state index contributed by atoms with van der Waals surface area (Å²) in [6.07, 6.45) is 23.8. The minimum Gasteiger partial charge on any atom is -0.310 e. The average Bonchev–Trinajstić information content (AvgIpc) is 4.23. The van der Waals surface area contributed by atoms with Crippen molar-refractivity contribution in [3.63, 3.8) is 0 Å². The summed E-state index contributed by atoms with van der Waals surface area (Å²) < 4.78 is 4.81. The number of hydrogen-bond acceptors (Lipinski definition) is 2. The molecule has 0 radical (unpaired) electrons. The number of nitrogens with zero attached hydrogens (tertiary/aromatic N) is 4. The Labute approximate surface area is 478 Å². The molecule has 4 aliphatic carbocycles. The topological polar surface area (TPSA) is 16.3 Å². The molecule has 1 unspecified atom stereocenters. The number of para-hydroxylation sites is 3. The van der Waals surface area contributed by atoms with E-state index in [1.165, 1.54) is 87.8 Å². The van der Waals surface area contributed by atoms with Crippen molar-refractivity contribution >= 4 is 88.9 Å². The van der Waals surface area contributed by atoms with Gasteiger partial charge in [0.05, 0.1) is 22.1 Å². The maximum atomic E-state index is 2.46. The molecule has 16 rings (SSSR count). The van der Waals surface area contributed by atoms with E-state index < -0.39 is 0 Å². The fraction of sp³-hybridized carbons (Fsp3) is 0.0769. The summed E-state index contributed by atoms with van der Waals surface area (Å²) in [4.78, 5) is 4.90. The highest BCUT2D eigenvalue weighted by atomic mass is 15.2. The molecule has 82 heavy (non-hydrogen) atoms. The van der Waals surface area contributed by atoms with Crippen molar-refractivity contribution in [3.8, 4) is 22.5 Å². The van der Waals surface area contributed by atoms with Crippen molar-refractivity contribution in [3.05, 3.63) is 312 Å². The van der Waals surface area contributed by atoms with Gasteiger partial charge in [0.2, 0.25) is 0 Å². The van der Waals surface area contributed by atoms with Gasteiger partial charge in [-0.15, -0.1) is 0 Å². The van der Waals surface area contributed by atoms with Gasteiger partial charge in [-0.2, -0.15) is 0 Å². The van der Waals surface area contributed by atoms with Crippen LogP contribution in [0, 0.1) is 5.92 Å². The molecule has 12 aromatic rings. The molecule has 0 bridgehead atoms. The molecule has 0 amide bonds. The molecule has 0 spiro atoms. The summed E-state index contributed by atoms with van der Waals surface area (Å²) >= 11 is 0. The van der Waals surface area contributed by atoms with E-state index in [9.17, 15) is 0 Å². The Hall–Kier alpha value is -10.2. The molecule has 0 fully saturated rings. The molecule has 0 saturated heterocycles. The second-order valence-corrected chi connectivity index (χ2v) is 23.4. The van der Waals surface area contributed by atoms with Crippen LogP contribution in [0.5, 0.6) is 0 Å². The zero-order chi connectivity index (χ0) is 54.6. The smallest absolute Gasteiger partial charge is 0.0542 e. The van der Waals surface area contributed by atoms with Crippen LogP contribution in [0.25, 0.3) is 83.0 Å². The molecular formula is C78H58N4. The van der Waals surface area contributed by atoms with Gasteiger partial charge in [0, 0.05) is 73.0 Å². The lowest BCUT2D eigenvalue weighted by Crippen LogP contribution is -2.22. The predicted octanol–water partition coefficient (Wildman–Crippen LogP) is 20.6. The zero-order valence-electron chi connectivity index (χ0n) is 46.1. The molecule has 0 N–H and O–H groups in total. The molecule has 390 valence electrons. The molecule has 2 aromatic heterocycles. The Bertz CT molecular complexity index is 4830. The third kappa shape index (κ3) is 7.81. The monoisotopic (exact) mass is 1050 g/mol. The first-order valence-electron chi connectivity index (χ1n) is 28.7. The van der Waals surface area contributed by atoms with Gasteiger partial charge < -0.3 is 18.9 Å². The van der Waals surface area contributed by atoms with Crippen molar-refractivity contribution < 1.29 is 0 Å². The van der Waals surface area contributed by atoms with Gasteiger partial charge in [-0.1, -0.05) is 173 Å². The zero-order valence-corrected chi connectivity index (χ0v) is 46.1. The lowest BCUT2D eigenvalue weighted by atomic mass is 9.75. The number of anilines is 5. The first kappa shape index (κ1) is 47.8. The SMILES string of the molecule is CC(C)(C)c1ccc2c(c1)c1cc(N(C3=CC4=CC=CC5=CC=CC(=C3)C54)c3ccc(-c4ccc(N(c5cc6c7c(cccc7c5)CC=C6)c5ccc6c(c5)c5ccccc5n6-c5ccccc5)cc4)cc3)ccc1n2-c1ccccc1. The van der Waals surface area contributed by atoms with E-state index in [1.807, 2.05) is 0 Å². The minimum absolute atomic E-state index is 0.00446. The van der Waals surface area contributed by atoms with E-state index >= 15 is 0 Å². The van der Waals surface area contributed by atoms with Gasteiger partial charge >= 0.3 is 0 Å². The highest BCUT2D eigenvalue weighted by molar-refractivity contribution is 6.12. The minimum atomic E-state index is -0.00446. The van der Waals surface area contributed by atoms with E-state index in [-0.39, 0.29) is 11.3 Å². The van der Waals surface area contributed by atoms with Gasteiger partial charge in [-0.25, -0.2) is 0 Å². The molecule has 0 aliphatic heterocycles. The second kappa shape index (κ2) is 18.7. The van der Waals surface area contributed by atoms with Crippen LogP contribution in [0.4, 0.5) is 28.4 Å². The normalized spacial score (nSPS) is 15.2. The molecule has 1 atom stereocenters. The van der Waals surface area contributed by atoms with Crippen molar-refractivity contribution in [1.82, 2.24) is 9.13 Å². The highest BCUT2D eigenvalue weighted by Gasteiger charge is 2.30. The van der Waals surface area contributed by atoms with Crippen molar-refractivity contribution in [1.29, 1.82) is 0 Å². The molecule has 10 aromatic carbocycles. The van der Waals surface area contributed by atoms with Crippen molar-refractivity contribution in [2.75, 3.05) is 9.80 Å². The van der Waals surface area contributed by atoms with E-state index in [4.69, 9.17) is 0 Å². The summed E-state index contributed by atoms with van der Waals surface area (Å²) in [7, 11) is 0. The summed E-state index contributed by atoms with van der Waals surface area (Å²) in [5, 5.41) is 7.53. The quantitative estimate of drug-likeness (QED) is 0.143. The van der Waals surface area contributed by atoms with Crippen LogP contribution in [-0.4, -0.2) is 9.13 Å². The van der Waals surface area contributed by atoms with E-state index in [1.54, 1.807) is 0 Å². The largest absolute Gasteiger partial charge is 0.310 e. The van der Waals surface area contributed by atoms with Crippen LogP contribution >= 0.6 is 0 Å². The summed E-state index contributed by atoms with van der Waals surface area (Å²) in [5.41, 5.74) is 23.9. The third-order valence-electron chi connectivity index (χ3n) is 17.4. The van der Waals surface area contributed by atoms with E-state index in [0.717, 1.165) is 63.1 Å². The van der Waals surface area contributed by atoms with Gasteiger partial charge in [0.15, 0.2) is 0 Å². The van der Waals surface area contributed by atoms with Crippen LogP contribution in [0.1, 0.15) is 37.5 Å². The highest BCUT2D eigenvalue weighted by Crippen LogP contribution is 2.47. The molecule has 4 heteroatoms. The molecular weight excluding hydrogens is 993 g/mol.